The van der Waals surface area contributed by atoms with Gasteiger partial charge in [0.25, 0.3) is 0 Å². The van der Waals surface area contributed by atoms with E-state index in [1.165, 1.54) is 0 Å². The van der Waals surface area contributed by atoms with Crippen LogP contribution >= 0.6 is 0 Å². The van der Waals surface area contributed by atoms with Crippen LogP contribution in [0.25, 0.3) is 0 Å². The Morgan fingerprint density at radius 1 is 1.00 bits per heavy atom. The second kappa shape index (κ2) is 5.95. The van der Waals surface area contributed by atoms with Crippen molar-refractivity contribution in [2.75, 3.05) is 13.2 Å². The Kier molecular flexibility index (Phi) is 4.71. The standard InChI is InChI=1S/C10H18O9/c11-1-4-6(14)7(15)10(18-4)19-8-5(13)3(12)2-17-9(8)16/h3-16H,1-2H2/t3-,4+,5+,6+,7-,8-,9+,10+/m1/s1. The van der Waals surface area contributed by atoms with Crippen LogP contribution in [0, 0.1) is 0 Å². The van der Waals surface area contributed by atoms with Crippen molar-refractivity contribution in [3.63, 3.8) is 0 Å². The minimum Gasteiger partial charge on any atom is -0.394 e. The highest BCUT2D eigenvalue weighted by Gasteiger charge is 2.47. The van der Waals surface area contributed by atoms with Crippen LogP contribution in [0.1, 0.15) is 0 Å². The molecule has 0 saturated carbocycles. The van der Waals surface area contributed by atoms with Gasteiger partial charge in [-0.2, -0.15) is 0 Å². The summed E-state index contributed by atoms with van der Waals surface area (Å²) >= 11 is 0. The Labute approximate surface area is 108 Å². The fourth-order valence-corrected chi connectivity index (χ4v) is 2.06. The SMILES string of the molecule is OC[C@@H]1O[C@@H](O[C@@H]2[C@@H](O)[C@H](O)CO[C@@H]2O)[C@H](O)[C@H]1O. The van der Waals surface area contributed by atoms with Gasteiger partial charge in [-0.1, -0.05) is 0 Å². The molecule has 0 amide bonds. The molecular weight excluding hydrogens is 264 g/mol. The first kappa shape index (κ1) is 15.0. The maximum atomic E-state index is 9.68. The normalized spacial score (nSPS) is 51.5. The van der Waals surface area contributed by atoms with Crippen LogP contribution in [0.15, 0.2) is 0 Å². The van der Waals surface area contributed by atoms with Crippen molar-refractivity contribution in [3.05, 3.63) is 0 Å². The zero-order valence-corrected chi connectivity index (χ0v) is 9.94. The highest BCUT2D eigenvalue weighted by molar-refractivity contribution is 4.89. The Bertz CT molecular complexity index is 301. The van der Waals surface area contributed by atoms with E-state index in [-0.39, 0.29) is 6.61 Å². The molecule has 8 atom stereocenters. The second-order valence-electron chi connectivity index (χ2n) is 4.59. The van der Waals surface area contributed by atoms with Gasteiger partial charge >= 0.3 is 0 Å². The highest BCUT2D eigenvalue weighted by atomic mass is 16.7. The lowest BCUT2D eigenvalue weighted by Gasteiger charge is -2.36. The summed E-state index contributed by atoms with van der Waals surface area (Å²) in [5.74, 6) is 0. The Balaban J connectivity index is 2.00. The highest BCUT2D eigenvalue weighted by Crippen LogP contribution is 2.26. The molecule has 2 aliphatic heterocycles. The maximum Gasteiger partial charge on any atom is 0.187 e. The lowest BCUT2D eigenvalue weighted by molar-refractivity contribution is -0.307. The smallest absolute Gasteiger partial charge is 0.187 e. The van der Waals surface area contributed by atoms with Crippen LogP contribution in [-0.2, 0) is 14.2 Å². The van der Waals surface area contributed by atoms with Crippen LogP contribution in [0.2, 0.25) is 0 Å². The molecule has 2 heterocycles. The number of aliphatic hydroxyl groups excluding tert-OH is 6. The van der Waals surface area contributed by atoms with Gasteiger partial charge in [-0.05, 0) is 0 Å². The summed E-state index contributed by atoms with van der Waals surface area (Å²) in [7, 11) is 0. The minimum atomic E-state index is -1.50. The lowest BCUT2D eigenvalue weighted by atomic mass is 10.1. The summed E-state index contributed by atoms with van der Waals surface area (Å²) in [4.78, 5) is 0. The summed E-state index contributed by atoms with van der Waals surface area (Å²) in [5.41, 5.74) is 0. The molecule has 19 heavy (non-hydrogen) atoms. The third-order valence-electron chi connectivity index (χ3n) is 3.24. The molecule has 2 aliphatic rings. The molecule has 0 spiro atoms. The third-order valence-corrected chi connectivity index (χ3v) is 3.24. The van der Waals surface area contributed by atoms with Crippen LogP contribution < -0.4 is 0 Å². The van der Waals surface area contributed by atoms with Crippen LogP contribution in [0.4, 0.5) is 0 Å². The molecule has 9 nitrogen and oxygen atoms in total. The van der Waals surface area contributed by atoms with Crippen molar-refractivity contribution in [2.45, 2.75) is 49.2 Å². The number of ether oxygens (including phenoxy) is 3. The van der Waals surface area contributed by atoms with E-state index in [0.717, 1.165) is 0 Å². The first-order valence-electron chi connectivity index (χ1n) is 5.89. The first-order valence-corrected chi connectivity index (χ1v) is 5.89. The molecule has 0 aromatic rings. The first-order chi connectivity index (χ1) is 8.95. The van der Waals surface area contributed by atoms with E-state index in [2.05, 4.69) is 0 Å². The summed E-state index contributed by atoms with van der Waals surface area (Å²) in [6.07, 6.45) is -10.7. The largest absolute Gasteiger partial charge is 0.394 e. The molecular formula is C10H18O9. The average molecular weight is 282 g/mol. The molecule has 0 radical (unpaired) electrons. The minimum absolute atomic E-state index is 0.252. The molecule has 6 N–H and O–H groups in total. The number of rotatable bonds is 3. The van der Waals surface area contributed by atoms with Crippen molar-refractivity contribution < 1.29 is 44.8 Å². The van der Waals surface area contributed by atoms with Gasteiger partial charge in [-0.25, -0.2) is 0 Å². The molecule has 0 aromatic heterocycles. The van der Waals surface area contributed by atoms with Gasteiger partial charge in [0.05, 0.1) is 13.2 Å². The molecule has 0 aromatic carbocycles. The zero-order valence-electron chi connectivity index (χ0n) is 9.94. The summed E-state index contributed by atoms with van der Waals surface area (Å²) in [6.45, 7) is -0.773. The topological polar surface area (TPSA) is 149 Å². The van der Waals surface area contributed by atoms with E-state index in [9.17, 15) is 25.5 Å². The number of aliphatic hydroxyl groups is 6. The maximum absolute atomic E-state index is 9.68. The van der Waals surface area contributed by atoms with Gasteiger partial charge in [0.2, 0.25) is 0 Å². The lowest BCUT2D eigenvalue weighted by Crippen LogP contribution is -2.56. The van der Waals surface area contributed by atoms with E-state index in [1.807, 2.05) is 0 Å². The molecule has 112 valence electrons. The van der Waals surface area contributed by atoms with Gasteiger partial charge < -0.3 is 44.8 Å². The van der Waals surface area contributed by atoms with E-state index < -0.39 is 55.8 Å². The predicted octanol–water partition coefficient (Wildman–Crippen LogP) is -4.12. The molecule has 2 rings (SSSR count). The third kappa shape index (κ3) is 2.89. The monoisotopic (exact) mass is 282 g/mol. The fourth-order valence-electron chi connectivity index (χ4n) is 2.06. The van der Waals surface area contributed by atoms with Crippen molar-refractivity contribution in [1.82, 2.24) is 0 Å². The number of hydrogen-bond donors (Lipinski definition) is 6. The molecule has 0 unspecified atom stereocenters. The predicted molar refractivity (Wildman–Crippen MR) is 56.6 cm³/mol. The van der Waals surface area contributed by atoms with Gasteiger partial charge in [-0.3, -0.25) is 0 Å². The van der Waals surface area contributed by atoms with Crippen molar-refractivity contribution in [3.8, 4) is 0 Å². The van der Waals surface area contributed by atoms with E-state index in [0.29, 0.717) is 0 Å². The molecule has 9 heteroatoms. The Morgan fingerprint density at radius 3 is 2.26 bits per heavy atom. The van der Waals surface area contributed by atoms with Crippen molar-refractivity contribution in [1.29, 1.82) is 0 Å². The van der Waals surface area contributed by atoms with Gasteiger partial charge in [0.15, 0.2) is 12.6 Å². The zero-order chi connectivity index (χ0) is 14.2. The second-order valence-corrected chi connectivity index (χ2v) is 4.59. The van der Waals surface area contributed by atoms with Crippen LogP contribution in [0.5, 0.6) is 0 Å². The van der Waals surface area contributed by atoms with E-state index >= 15 is 0 Å². The summed E-state index contributed by atoms with van der Waals surface area (Å²) < 4.78 is 14.9. The van der Waals surface area contributed by atoms with Crippen molar-refractivity contribution >= 4 is 0 Å². The van der Waals surface area contributed by atoms with Crippen LogP contribution in [0.3, 0.4) is 0 Å². The molecule has 0 aliphatic carbocycles. The van der Waals surface area contributed by atoms with Gasteiger partial charge in [-0.15, -0.1) is 0 Å². The van der Waals surface area contributed by atoms with Crippen molar-refractivity contribution in [2.24, 2.45) is 0 Å². The van der Waals surface area contributed by atoms with E-state index in [1.54, 1.807) is 0 Å². The Hall–Kier alpha value is -0.360. The van der Waals surface area contributed by atoms with Gasteiger partial charge in [0, 0.05) is 0 Å². The Morgan fingerprint density at radius 2 is 1.68 bits per heavy atom. The van der Waals surface area contributed by atoms with Gasteiger partial charge in [0.1, 0.15) is 36.6 Å². The van der Waals surface area contributed by atoms with E-state index in [4.69, 9.17) is 19.3 Å². The molecule has 2 saturated heterocycles. The fraction of sp³-hybridized carbons (Fsp3) is 1.00. The summed E-state index contributed by atoms with van der Waals surface area (Å²) in [5, 5.41) is 56.7. The average Bonchev–Trinajstić information content (AvgIpc) is 2.66. The molecule has 2 fully saturated rings. The summed E-state index contributed by atoms with van der Waals surface area (Å²) in [6, 6.07) is 0. The molecule has 0 bridgehead atoms. The quantitative estimate of drug-likeness (QED) is 0.303. The number of hydrogen-bond acceptors (Lipinski definition) is 9. The van der Waals surface area contributed by atoms with Crippen LogP contribution in [-0.4, -0.2) is 93.1 Å².